The van der Waals surface area contributed by atoms with Gasteiger partial charge in [0.25, 0.3) is 0 Å². The first-order valence-electron chi connectivity index (χ1n) is 5.78. The molecule has 3 rings (SSSR count). The molecule has 3 aromatic rings. The summed E-state index contributed by atoms with van der Waals surface area (Å²) in [5, 5.41) is 10.7. The third-order valence-electron chi connectivity index (χ3n) is 2.92. The van der Waals surface area contributed by atoms with Gasteiger partial charge < -0.3 is 9.52 Å². The lowest BCUT2D eigenvalue weighted by molar-refractivity contribution is 0.449. The number of hydrogen-bond donors (Lipinski definition) is 1. The van der Waals surface area contributed by atoms with E-state index in [1.165, 1.54) is 6.07 Å². The van der Waals surface area contributed by atoms with Crippen LogP contribution in [0.1, 0.15) is 0 Å². The third kappa shape index (κ3) is 2.11. The van der Waals surface area contributed by atoms with Crippen LogP contribution in [-0.4, -0.2) is 5.11 Å². The van der Waals surface area contributed by atoms with Gasteiger partial charge in [0.15, 0.2) is 11.3 Å². The average molecular weight is 352 g/mol. The van der Waals surface area contributed by atoms with Gasteiger partial charge in [0, 0.05) is 10.6 Å². The Morgan fingerprint density at radius 2 is 1.85 bits per heavy atom. The number of fused-ring (bicyclic) bond motifs is 1. The number of halogens is 2. The van der Waals surface area contributed by atoms with Crippen LogP contribution in [0.2, 0.25) is 5.02 Å². The zero-order chi connectivity index (χ0) is 14.3. The van der Waals surface area contributed by atoms with Crippen molar-refractivity contribution >= 4 is 38.5 Å². The molecule has 0 bridgehead atoms. The molecular formula is C15H8BrClO3. The first-order valence-corrected chi connectivity index (χ1v) is 6.95. The van der Waals surface area contributed by atoms with E-state index in [1.807, 2.05) is 6.07 Å². The molecular weight excluding hydrogens is 344 g/mol. The highest BCUT2D eigenvalue weighted by Gasteiger charge is 2.17. The molecule has 0 saturated carbocycles. The fraction of sp³-hybridized carbons (Fsp3) is 0. The summed E-state index contributed by atoms with van der Waals surface area (Å²) >= 11 is 9.23. The molecule has 1 heterocycles. The van der Waals surface area contributed by atoms with Crippen molar-refractivity contribution in [2.45, 2.75) is 0 Å². The lowest BCUT2D eigenvalue weighted by Gasteiger charge is -2.07. The first kappa shape index (κ1) is 13.2. The summed E-state index contributed by atoms with van der Waals surface area (Å²) in [4.78, 5) is 12.2. The van der Waals surface area contributed by atoms with Crippen molar-refractivity contribution in [3.05, 3.63) is 62.2 Å². The number of benzene rings is 2. The van der Waals surface area contributed by atoms with Crippen LogP contribution >= 0.6 is 27.5 Å². The standard InChI is InChI=1S/C15H8BrClO3/c16-11-7-9(17)6-10-12(18)13(19)14(20-15(10)11)8-4-2-1-3-5-8/h1-7,19H. The minimum absolute atomic E-state index is 0.145. The highest BCUT2D eigenvalue weighted by Crippen LogP contribution is 2.34. The summed E-state index contributed by atoms with van der Waals surface area (Å²) < 4.78 is 6.25. The van der Waals surface area contributed by atoms with E-state index in [0.29, 0.717) is 20.6 Å². The SMILES string of the molecule is O=c1c(O)c(-c2ccccc2)oc2c(Br)cc(Cl)cc12. The fourth-order valence-corrected chi connectivity index (χ4v) is 2.89. The largest absolute Gasteiger partial charge is 0.502 e. The summed E-state index contributed by atoms with van der Waals surface area (Å²) in [6.07, 6.45) is 0. The molecule has 0 aliphatic heterocycles. The maximum atomic E-state index is 12.2. The minimum atomic E-state index is -0.506. The van der Waals surface area contributed by atoms with Crippen molar-refractivity contribution in [2.75, 3.05) is 0 Å². The molecule has 5 heteroatoms. The first-order chi connectivity index (χ1) is 9.58. The molecule has 100 valence electrons. The van der Waals surface area contributed by atoms with Crippen LogP contribution in [0.3, 0.4) is 0 Å². The second-order valence-corrected chi connectivity index (χ2v) is 5.53. The maximum Gasteiger partial charge on any atom is 0.235 e. The molecule has 0 aliphatic carbocycles. The zero-order valence-corrected chi connectivity index (χ0v) is 12.4. The van der Waals surface area contributed by atoms with Gasteiger partial charge in [0.05, 0.1) is 9.86 Å². The van der Waals surface area contributed by atoms with Gasteiger partial charge in [-0.2, -0.15) is 0 Å². The molecule has 0 spiro atoms. The Balaban J connectivity index is 2.42. The van der Waals surface area contributed by atoms with Crippen LogP contribution in [0, 0.1) is 0 Å². The minimum Gasteiger partial charge on any atom is -0.502 e. The molecule has 0 saturated heterocycles. The Labute approximate surface area is 127 Å². The number of aromatic hydroxyl groups is 1. The predicted octanol–water partition coefficient (Wildman–Crippen LogP) is 4.58. The van der Waals surface area contributed by atoms with E-state index in [-0.39, 0.29) is 11.1 Å². The van der Waals surface area contributed by atoms with Crippen LogP contribution in [0.5, 0.6) is 5.75 Å². The third-order valence-corrected chi connectivity index (χ3v) is 3.73. The van der Waals surface area contributed by atoms with E-state index < -0.39 is 11.2 Å². The summed E-state index contributed by atoms with van der Waals surface area (Å²) in [6, 6.07) is 12.1. The van der Waals surface area contributed by atoms with Crippen molar-refractivity contribution in [3.63, 3.8) is 0 Å². The monoisotopic (exact) mass is 350 g/mol. The molecule has 0 unspecified atom stereocenters. The second-order valence-electron chi connectivity index (χ2n) is 4.24. The van der Waals surface area contributed by atoms with E-state index in [0.717, 1.165) is 0 Å². The highest BCUT2D eigenvalue weighted by atomic mass is 79.9. The van der Waals surface area contributed by atoms with E-state index in [9.17, 15) is 9.90 Å². The molecule has 0 atom stereocenters. The molecule has 3 nitrogen and oxygen atoms in total. The van der Waals surface area contributed by atoms with E-state index >= 15 is 0 Å². The Kier molecular flexibility index (Phi) is 3.28. The summed E-state index contributed by atoms with van der Waals surface area (Å²) in [7, 11) is 0. The summed E-state index contributed by atoms with van der Waals surface area (Å²) in [6.45, 7) is 0. The van der Waals surface area contributed by atoms with E-state index in [1.54, 1.807) is 30.3 Å². The van der Waals surface area contributed by atoms with Gasteiger partial charge in [-0.05, 0) is 28.1 Å². The molecule has 2 aromatic carbocycles. The summed E-state index contributed by atoms with van der Waals surface area (Å²) in [5.41, 5.74) is 0.482. The topological polar surface area (TPSA) is 50.4 Å². The van der Waals surface area contributed by atoms with Crippen molar-refractivity contribution < 1.29 is 9.52 Å². The van der Waals surface area contributed by atoms with Crippen molar-refractivity contribution in [1.82, 2.24) is 0 Å². The lowest BCUT2D eigenvalue weighted by atomic mass is 10.1. The molecule has 0 radical (unpaired) electrons. The van der Waals surface area contributed by atoms with Gasteiger partial charge in [-0.15, -0.1) is 0 Å². The number of hydrogen-bond acceptors (Lipinski definition) is 3. The van der Waals surface area contributed by atoms with Crippen LogP contribution in [-0.2, 0) is 0 Å². The van der Waals surface area contributed by atoms with Crippen molar-refractivity contribution in [3.8, 4) is 17.1 Å². The average Bonchev–Trinajstić information content (AvgIpc) is 2.44. The zero-order valence-electron chi connectivity index (χ0n) is 10.1. The van der Waals surface area contributed by atoms with Gasteiger partial charge in [-0.1, -0.05) is 41.9 Å². The fourth-order valence-electron chi connectivity index (χ4n) is 2.00. The maximum absolute atomic E-state index is 12.2. The molecule has 0 aliphatic rings. The summed E-state index contributed by atoms with van der Waals surface area (Å²) in [5.74, 6) is -0.274. The van der Waals surface area contributed by atoms with Crippen LogP contribution in [0.25, 0.3) is 22.3 Å². The quantitative estimate of drug-likeness (QED) is 0.698. The molecule has 0 amide bonds. The van der Waals surface area contributed by atoms with E-state index in [2.05, 4.69) is 15.9 Å². The highest BCUT2D eigenvalue weighted by molar-refractivity contribution is 9.10. The van der Waals surface area contributed by atoms with Crippen LogP contribution in [0.15, 0.2) is 56.1 Å². The smallest absolute Gasteiger partial charge is 0.235 e. The van der Waals surface area contributed by atoms with Gasteiger partial charge in [0.2, 0.25) is 11.2 Å². The lowest BCUT2D eigenvalue weighted by Crippen LogP contribution is -2.03. The van der Waals surface area contributed by atoms with Gasteiger partial charge >= 0.3 is 0 Å². The van der Waals surface area contributed by atoms with Crippen molar-refractivity contribution in [1.29, 1.82) is 0 Å². The Hall–Kier alpha value is -1.78. The molecule has 0 fully saturated rings. The predicted molar refractivity (Wildman–Crippen MR) is 82.3 cm³/mol. The Bertz CT molecular complexity index is 856. The van der Waals surface area contributed by atoms with Crippen LogP contribution < -0.4 is 5.43 Å². The molecule has 1 aromatic heterocycles. The van der Waals surface area contributed by atoms with Crippen molar-refractivity contribution in [2.24, 2.45) is 0 Å². The molecule has 20 heavy (non-hydrogen) atoms. The van der Waals surface area contributed by atoms with E-state index in [4.69, 9.17) is 16.0 Å². The second kappa shape index (κ2) is 4.96. The van der Waals surface area contributed by atoms with Gasteiger partial charge in [-0.25, -0.2) is 0 Å². The Morgan fingerprint density at radius 3 is 2.55 bits per heavy atom. The Morgan fingerprint density at radius 1 is 1.15 bits per heavy atom. The number of rotatable bonds is 1. The van der Waals surface area contributed by atoms with Gasteiger partial charge in [0.1, 0.15) is 0 Å². The van der Waals surface area contributed by atoms with Crippen LogP contribution in [0.4, 0.5) is 0 Å². The van der Waals surface area contributed by atoms with Gasteiger partial charge in [-0.3, -0.25) is 4.79 Å². The molecule has 1 N–H and O–H groups in total. The normalized spacial score (nSPS) is 10.9.